The Morgan fingerprint density at radius 3 is 2.94 bits per heavy atom. The van der Waals surface area contributed by atoms with E-state index in [2.05, 4.69) is 15.2 Å². The van der Waals surface area contributed by atoms with Crippen LogP contribution in [-0.2, 0) is 0 Å². The fourth-order valence-corrected chi connectivity index (χ4v) is 2.06. The Balaban J connectivity index is 1.87. The van der Waals surface area contributed by atoms with Gasteiger partial charge in [0.05, 0.1) is 0 Å². The Bertz CT molecular complexity index is 389. The average molecular weight is 235 g/mol. The predicted molar refractivity (Wildman–Crippen MR) is 65.4 cm³/mol. The van der Waals surface area contributed by atoms with Gasteiger partial charge in [-0.15, -0.1) is 0 Å². The summed E-state index contributed by atoms with van der Waals surface area (Å²) in [5, 5.41) is 12.1. The van der Waals surface area contributed by atoms with Gasteiger partial charge in [-0.05, 0) is 38.1 Å². The van der Waals surface area contributed by atoms with Gasteiger partial charge in [0, 0.05) is 19.3 Å². The van der Waals surface area contributed by atoms with Crippen molar-refractivity contribution < 1.29 is 9.90 Å². The Labute approximate surface area is 100 Å². The molecular weight excluding hydrogens is 218 g/mol. The van der Waals surface area contributed by atoms with Crippen LogP contribution in [0.15, 0.2) is 18.3 Å². The number of rotatable bonds is 5. The van der Waals surface area contributed by atoms with Crippen molar-refractivity contribution in [1.29, 1.82) is 0 Å². The lowest BCUT2D eigenvalue weighted by atomic mass is 10.2. The number of pyridine rings is 1. The third kappa shape index (κ3) is 3.17. The summed E-state index contributed by atoms with van der Waals surface area (Å²) >= 11 is 0. The lowest BCUT2D eigenvalue weighted by Crippen LogP contribution is -2.26. The van der Waals surface area contributed by atoms with Crippen LogP contribution in [0.3, 0.4) is 0 Å². The summed E-state index contributed by atoms with van der Waals surface area (Å²) in [5.74, 6) is -0.485. The summed E-state index contributed by atoms with van der Waals surface area (Å²) in [7, 11) is 0. The topological polar surface area (TPSA) is 65.5 Å². The third-order valence-electron chi connectivity index (χ3n) is 2.96. The predicted octanol–water partition coefficient (Wildman–Crippen LogP) is 1.29. The third-order valence-corrected chi connectivity index (χ3v) is 2.96. The highest BCUT2D eigenvalue weighted by atomic mass is 16.4. The molecule has 0 amide bonds. The van der Waals surface area contributed by atoms with Gasteiger partial charge in [-0.1, -0.05) is 0 Å². The van der Waals surface area contributed by atoms with Gasteiger partial charge in [0.1, 0.15) is 11.4 Å². The number of aromatic nitrogens is 1. The molecule has 0 unspecified atom stereocenters. The molecule has 0 bridgehead atoms. The van der Waals surface area contributed by atoms with Gasteiger partial charge in [-0.2, -0.15) is 0 Å². The number of nitrogens with one attached hydrogen (secondary N) is 1. The number of likely N-dealkylation sites (tertiary alicyclic amines) is 1. The van der Waals surface area contributed by atoms with Crippen molar-refractivity contribution in [2.24, 2.45) is 0 Å². The van der Waals surface area contributed by atoms with E-state index in [9.17, 15) is 4.79 Å². The van der Waals surface area contributed by atoms with E-state index in [1.54, 1.807) is 18.3 Å². The summed E-state index contributed by atoms with van der Waals surface area (Å²) in [4.78, 5) is 17.4. The van der Waals surface area contributed by atoms with E-state index in [1.165, 1.54) is 12.8 Å². The molecule has 1 aliphatic rings. The first-order chi connectivity index (χ1) is 8.27. The molecule has 1 aromatic heterocycles. The quantitative estimate of drug-likeness (QED) is 0.805. The number of aromatic carboxylic acids is 1. The second-order valence-electron chi connectivity index (χ2n) is 4.18. The summed E-state index contributed by atoms with van der Waals surface area (Å²) in [6.07, 6.45) is 4.14. The van der Waals surface area contributed by atoms with E-state index in [0.29, 0.717) is 5.82 Å². The molecule has 1 fully saturated rings. The Hall–Kier alpha value is -1.62. The summed E-state index contributed by atoms with van der Waals surface area (Å²) in [5.41, 5.74) is 0.230. The summed E-state index contributed by atoms with van der Waals surface area (Å²) in [6, 6.07) is 3.20. The highest BCUT2D eigenvalue weighted by Crippen LogP contribution is 2.11. The molecule has 0 atom stereocenters. The fraction of sp³-hybridized carbons (Fsp3) is 0.500. The number of nitrogens with zero attached hydrogens (tertiary/aromatic N) is 2. The van der Waals surface area contributed by atoms with Crippen LogP contribution in [0.5, 0.6) is 0 Å². The Kier molecular flexibility index (Phi) is 3.93. The minimum Gasteiger partial charge on any atom is -0.478 e. The zero-order chi connectivity index (χ0) is 12.1. The molecule has 2 rings (SSSR count). The number of carboxylic acids is 1. The lowest BCUT2D eigenvalue weighted by molar-refractivity contribution is 0.0697. The van der Waals surface area contributed by atoms with Crippen molar-refractivity contribution in [2.45, 2.75) is 12.8 Å². The molecule has 17 heavy (non-hydrogen) atoms. The zero-order valence-electron chi connectivity index (χ0n) is 9.72. The molecule has 1 aliphatic heterocycles. The van der Waals surface area contributed by atoms with Crippen LogP contribution >= 0.6 is 0 Å². The van der Waals surface area contributed by atoms with Gasteiger partial charge < -0.3 is 15.3 Å². The van der Waals surface area contributed by atoms with Gasteiger partial charge in [-0.25, -0.2) is 9.78 Å². The Morgan fingerprint density at radius 1 is 1.47 bits per heavy atom. The minimum absolute atomic E-state index is 0.230. The maximum Gasteiger partial charge on any atom is 0.339 e. The zero-order valence-corrected chi connectivity index (χ0v) is 9.72. The molecule has 1 aromatic rings. The van der Waals surface area contributed by atoms with Gasteiger partial charge >= 0.3 is 5.97 Å². The van der Waals surface area contributed by atoms with E-state index >= 15 is 0 Å². The van der Waals surface area contributed by atoms with Crippen LogP contribution in [0.1, 0.15) is 23.2 Å². The lowest BCUT2D eigenvalue weighted by Gasteiger charge is -2.15. The highest BCUT2D eigenvalue weighted by Gasteiger charge is 2.12. The highest BCUT2D eigenvalue weighted by molar-refractivity contribution is 5.92. The first-order valence-electron chi connectivity index (χ1n) is 5.92. The normalized spacial score (nSPS) is 16.0. The molecular formula is C12H17N3O2. The smallest absolute Gasteiger partial charge is 0.339 e. The monoisotopic (exact) mass is 235 g/mol. The molecule has 5 heteroatoms. The average Bonchev–Trinajstić information content (AvgIpc) is 2.82. The van der Waals surface area contributed by atoms with Crippen molar-refractivity contribution in [3.05, 3.63) is 23.9 Å². The fourth-order valence-electron chi connectivity index (χ4n) is 2.06. The summed E-state index contributed by atoms with van der Waals surface area (Å²) in [6.45, 7) is 3.97. The second-order valence-corrected chi connectivity index (χ2v) is 4.18. The van der Waals surface area contributed by atoms with Crippen LogP contribution in [0.25, 0.3) is 0 Å². The van der Waals surface area contributed by atoms with Gasteiger partial charge in [0.25, 0.3) is 0 Å². The van der Waals surface area contributed by atoms with E-state index in [1.807, 2.05) is 0 Å². The largest absolute Gasteiger partial charge is 0.478 e. The van der Waals surface area contributed by atoms with E-state index in [-0.39, 0.29) is 5.56 Å². The minimum atomic E-state index is -0.943. The number of hydrogen-bond acceptors (Lipinski definition) is 4. The number of carbonyl (C=O) groups is 1. The molecule has 0 saturated carbocycles. The molecule has 2 N–H and O–H groups in total. The van der Waals surface area contributed by atoms with Gasteiger partial charge in [-0.3, -0.25) is 0 Å². The van der Waals surface area contributed by atoms with E-state index in [4.69, 9.17) is 5.11 Å². The molecule has 0 spiro atoms. The molecule has 2 heterocycles. The molecule has 0 aliphatic carbocycles. The van der Waals surface area contributed by atoms with Crippen LogP contribution in [0.2, 0.25) is 0 Å². The number of hydrogen-bond donors (Lipinski definition) is 2. The van der Waals surface area contributed by atoms with Crippen molar-refractivity contribution in [3.63, 3.8) is 0 Å². The number of carboxylic acid groups (broad SMARTS) is 1. The van der Waals surface area contributed by atoms with E-state index in [0.717, 1.165) is 26.2 Å². The standard InChI is InChI=1S/C12H17N3O2/c16-12(17)10-4-3-5-13-11(10)14-6-9-15-7-1-2-8-15/h3-5H,1-2,6-9H2,(H,13,14)(H,16,17). The van der Waals surface area contributed by atoms with Crippen molar-refractivity contribution in [3.8, 4) is 0 Å². The van der Waals surface area contributed by atoms with Crippen LogP contribution in [0.4, 0.5) is 5.82 Å². The van der Waals surface area contributed by atoms with Crippen LogP contribution < -0.4 is 5.32 Å². The van der Waals surface area contributed by atoms with Crippen molar-refractivity contribution in [2.75, 3.05) is 31.5 Å². The van der Waals surface area contributed by atoms with Gasteiger partial charge in [0.2, 0.25) is 0 Å². The van der Waals surface area contributed by atoms with Crippen molar-refractivity contribution in [1.82, 2.24) is 9.88 Å². The first kappa shape index (κ1) is 11.9. The van der Waals surface area contributed by atoms with Crippen LogP contribution in [-0.4, -0.2) is 47.1 Å². The first-order valence-corrected chi connectivity index (χ1v) is 5.92. The maximum absolute atomic E-state index is 11.0. The van der Waals surface area contributed by atoms with E-state index < -0.39 is 5.97 Å². The summed E-state index contributed by atoms with van der Waals surface area (Å²) < 4.78 is 0. The molecule has 0 aromatic carbocycles. The van der Waals surface area contributed by atoms with Gasteiger partial charge in [0.15, 0.2) is 0 Å². The second kappa shape index (κ2) is 5.63. The van der Waals surface area contributed by atoms with Crippen LogP contribution in [0, 0.1) is 0 Å². The van der Waals surface area contributed by atoms with Crippen molar-refractivity contribution >= 4 is 11.8 Å². The molecule has 1 saturated heterocycles. The molecule has 92 valence electrons. The SMILES string of the molecule is O=C(O)c1cccnc1NCCN1CCCC1. The maximum atomic E-state index is 11.0. The number of anilines is 1. The molecule has 5 nitrogen and oxygen atoms in total. The molecule has 0 radical (unpaired) electrons. The Morgan fingerprint density at radius 2 is 2.24 bits per heavy atom.